The Morgan fingerprint density at radius 1 is 1.29 bits per heavy atom. The van der Waals surface area contributed by atoms with E-state index in [1.54, 1.807) is 24.8 Å². The van der Waals surface area contributed by atoms with Crippen LogP contribution in [0.1, 0.15) is 12.7 Å². The molecule has 0 aliphatic rings. The Hall–Kier alpha value is -3.04. The number of nitrogens with zero attached hydrogens (tertiary/aromatic N) is 8. The lowest BCUT2D eigenvalue weighted by Crippen LogP contribution is -2.13. The maximum absolute atomic E-state index is 5.69. The fraction of sp³-hybridized carbons (Fsp3) is 0.273. The first kappa shape index (κ1) is 13.0. The Balaban J connectivity index is 1.79. The van der Waals surface area contributed by atoms with Crippen molar-refractivity contribution in [3.05, 3.63) is 30.6 Å². The smallest absolute Gasteiger partial charge is 0.257 e. The quantitative estimate of drug-likeness (QED) is 0.664. The van der Waals surface area contributed by atoms with Gasteiger partial charge in [0.05, 0.1) is 6.54 Å². The predicted molar refractivity (Wildman–Crippen MR) is 74.4 cm³/mol. The summed E-state index contributed by atoms with van der Waals surface area (Å²) in [5.74, 6) is 1.62. The van der Waals surface area contributed by atoms with Gasteiger partial charge in [0.2, 0.25) is 11.9 Å². The maximum Gasteiger partial charge on any atom is 0.257 e. The molecule has 3 aromatic rings. The molecule has 3 aromatic heterocycles. The number of hydrogen-bond acceptors (Lipinski definition) is 8. The van der Waals surface area contributed by atoms with Crippen LogP contribution in [-0.4, -0.2) is 39.5 Å². The molecular formula is C11H14N10. The molecule has 3 N–H and O–H groups in total. The van der Waals surface area contributed by atoms with Crippen LogP contribution < -0.4 is 11.1 Å². The zero-order valence-electron chi connectivity index (χ0n) is 11.4. The van der Waals surface area contributed by atoms with Crippen LogP contribution in [0.4, 0.5) is 11.9 Å². The summed E-state index contributed by atoms with van der Waals surface area (Å²) in [7, 11) is 0. The highest BCUT2D eigenvalue weighted by Crippen LogP contribution is 2.07. The lowest BCUT2D eigenvalue weighted by molar-refractivity contribution is 0.705. The van der Waals surface area contributed by atoms with Gasteiger partial charge in [0.15, 0.2) is 5.82 Å². The van der Waals surface area contributed by atoms with Gasteiger partial charge in [-0.2, -0.15) is 20.1 Å². The lowest BCUT2D eigenvalue weighted by Gasteiger charge is -2.07. The van der Waals surface area contributed by atoms with Crippen molar-refractivity contribution in [2.45, 2.75) is 20.0 Å². The van der Waals surface area contributed by atoms with Crippen molar-refractivity contribution in [1.82, 2.24) is 39.5 Å². The topological polar surface area (TPSA) is 125 Å². The second-order valence-corrected chi connectivity index (χ2v) is 4.15. The molecule has 0 radical (unpaired) electrons. The van der Waals surface area contributed by atoms with E-state index in [0.29, 0.717) is 18.4 Å². The van der Waals surface area contributed by atoms with Crippen LogP contribution in [0.15, 0.2) is 24.8 Å². The average Bonchev–Trinajstić information content (AvgIpc) is 3.15. The van der Waals surface area contributed by atoms with Crippen LogP contribution >= 0.6 is 0 Å². The molecule has 10 heteroatoms. The zero-order chi connectivity index (χ0) is 14.7. The molecule has 0 saturated heterocycles. The molecule has 0 unspecified atom stereocenters. The number of rotatable bonds is 5. The highest BCUT2D eigenvalue weighted by Gasteiger charge is 2.08. The number of nitrogens with one attached hydrogen (secondary N) is 1. The Bertz CT molecular complexity index is 716. The Labute approximate surface area is 120 Å². The van der Waals surface area contributed by atoms with E-state index in [4.69, 9.17) is 5.73 Å². The highest BCUT2D eigenvalue weighted by atomic mass is 15.4. The monoisotopic (exact) mass is 286 g/mol. The number of aryl methyl sites for hydroxylation is 1. The first-order chi connectivity index (χ1) is 10.3. The molecule has 108 valence electrons. The minimum Gasteiger partial charge on any atom is -0.368 e. The van der Waals surface area contributed by atoms with Gasteiger partial charge >= 0.3 is 0 Å². The van der Waals surface area contributed by atoms with Crippen molar-refractivity contribution < 1.29 is 0 Å². The second kappa shape index (κ2) is 5.53. The van der Waals surface area contributed by atoms with E-state index >= 15 is 0 Å². The molecule has 0 saturated carbocycles. The van der Waals surface area contributed by atoms with Gasteiger partial charge in [-0.1, -0.05) is 0 Å². The van der Waals surface area contributed by atoms with Gasteiger partial charge in [0.1, 0.15) is 6.33 Å². The number of aromatic nitrogens is 8. The largest absolute Gasteiger partial charge is 0.368 e. The van der Waals surface area contributed by atoms with Gasteiger partial charge in [-0.3, -0.25) is 0 Å². The third-order valence-corrected chi connectivity index (χ3v) is 2.79. The van der Waals surface area contributed by atoms with E-state index in [1.807, 2.05) is 11.5 Å². The van der Waals surface area contributed by atoms with Crippen LogP contribution in [0.25, 0.3) is 5.95 Å². The molecular weight excluding hydrogens is 272 g/mol. The molecule has 3 heterocycles. The lowest BCUT2D eigenvalue weighted by atomic mass is 10.5. The predicted octanol–water partition coefficient (Wildman–Crippen LogP) is -0.137. The first-order valence-electron chi connectivity index (χ1n) is 6.38. The van der Waals surface area contributed by atoms with Gasteiger partial charge in [0.25, 0.3) is 5.95 Å². The standard InChI is InChI=1S/C11H14N10/c1-2-20-7-14-19-8(20)6-13-10-16-9(12)17-11(18-10)21-5-3-4-15-21/h3-5,7H,2,6H2,1H3,(H3,12,13,16,17,18). The van der Waals surface area contributed by atoms with Crippen molar-refractivity contribution >= 4 is 11.9 Å². The Morgan fingerprint density at radius 2 is 2.19 bits per heavy atom. The number of nitrogen functional groups attached to an aromatic ring is 1. The fourth-order valence-electron chi connectivity index (χ4n) is 1.79. The van der Waals surface area contributed by atoms with Crippen LogP contribution in [0.5, 0.6) is 0 Å². The summed E-state index contributed by atoms with van der Waals surface area (Å²) >= 11 is 0. The Morgan fingerprint density at radius 3 is 2.95 bits per heavy atom. The van der Waals surface area contributed by atoms with E-state index < -0.39 is 0 Å². The van der Waals surface area contributed by atoms with Crippen molar-refractivity contribution in [2.24, 2.45) is 0 Å². The SMILES string of the molecule is CCn1cnnc1CNc1nc(N)nc(-n2cccn2)n1. The normalized spacial score (nSPS) is 10.7. The van der Waals surface area contributed by atoms with Gasteiger partial charge in [0, 0.05) is 18.9 Å². The van der Waals surface area contributed by atoms with Crippen LogP contribution in [0.3, 0.4) is 0 Å². The molecule has 21 heavy (non-hydrogen) atoms. The summed E-state index contributed by atoms with van der Waals surface area (Å²) in [6, 6.07) is 1.77. The third kappa shape index (κ3) is 2.78. The Kier molecular flexibility index (Phi) is 3.41. The van der Waals surface area contributed by atoms with Gasteiger partial charge < -0.3 is 15.6 Å². The molecule has 0 spiro atoms. The van der Waals surface area contributed by atoms with Crippen molar-refractivity contribution in [1.29, 1.82) is 0 Å². The minimum absolute atomic E-state index is 0.120. The number of hydrogen-bond donors (Lipinski definition) is 2. The first-order valence-corrected chi connectivity index (χ1v) is 6.38. The van der Waals surface area contributed by atoms with Crippen molar-refractivity contribution in [2.75, 3.05) is 11.1 Å². The van der Waals surface area contributed by atoms with Crippen molar-refractivity contribution in [3.8, 4) is 5.95 Å². The summed E-state index contributed by atoms with van der Waals surface area (Å²) in [6.07, 6.45) is 5.04. The molecule has 0 aliphatic heterocycles. The number of nitrogens with two attached hydrogens (primary N) is 1. The molecule has 0 aliphatic carbocycles. The van der Waals surface area contributed by atoms with Gasteiger partial charge in [-0.25, -0.2) is 4.68 Å². The molecule has 0 atom stereocenters. The molecule has 0 fully saturated rings. The van der Waals surface area contributed by atoms with E-state index in [0.717, 1.165) is 12.4 Å². The van der Waals surface area contributed by atoms with Gasteiger partial charge in [-0.05, 0) is 13.0 Å². The summed E-state index contributed by atoms with van der Waals surface area (Å²) in [5.41, 5.74) is 5.69. The van der Waals surface area contributed by atoms with Crippen LogP contribution in [0, 0.1) is 0 Å². The number of anilines is 2. The van der Waals surface area contributed by atoms with Crippen LogP contribution in [0.2, 0.25) is 0 Å². The van der Waals surface area contributed by atoms with E-state index in [-0.39, 0.29) is 5.95 Å². The fourth-order valence-corrected chi connectivity index (χ4v) is 1.79. The van der Waals surface area contributed by atoms with E-state index in [2.05, 4.69) is 35.6 Å². The minimum atomic E-state index is 0.120. The van der Waals surface area contributed by atoms with Gasteiger partial charge in [-0.15, -0.1) is 10.2 Å². The molecule has 0 amide bonds. The molecule has 0 aromatic carbocycles. The zero-order valence-corrected chi connectivity index (χ0v) is 11.4. The molecule has 10 nitrogen and oxygen atoms in total. The maximum atomic E-state index is 5.69. The third-order valence-electron chi connectivity index (χ3n) is 2.79. The van der Waals surface area contributed by atoms with Crippen LogP contribution in [-0.2, 0) is 13.1 Å². The molecule has 3 rings (SSSR count). The summed E-state index contributed by atoms with van der Waals surface area (Å²) in [5, 5.41) is 15.0. The van der Waals surface area contributed by atoms with E-state index in [9.17, 15) is 0 Å². The van der Waals surface area contributed by atoms with Crippen molar-refractivity contribution in [3.63, 3.8) is 0 Å². The van der Waals surface area contributed by atoms with E-state index in [1.165, 1.54) is 4.68 Å². The average molecular weight is 286 g/mol. The molecule has 0 bridgehead atoms. The summed E-state index contributed by atoms with van der Waals surface area (Å²) in [6.45, 7) is 3.25. The second-order valence-electron chi connectivity index (χ2n) is 4.15. The summed E-state index contributed by atoms with van der Waals surface area (Å²) < 4.78 is 3.43. The highest BCUT2D eigenvalue weighted by molar-refractivity contribution is 5.34. The summed E-state index contributed by atoms with van der Waals surface area (Å²) in [4.78, 5) is 12.3.